The molecule has 29 heavy (non-hydrogen) atoms. The van der Waals surface area contributed by atoms with E-state index in [1.165, 1.54) is 30.3 Å². The third-order valence-electron chi connectivity index (χ3n) is 4.32. The van der Waals surface area contributed by atoms with Gasteiger partial charge in [-0.2, -0.15) is 5.10 Å². The number of aliphatic carboxylic acids is 1. The van der Waals surface area contributed by atoms with Crippen LogP contribution < -0.4 is 9.84 Å². The van der Waals surface area contributed by atoms with Crippen LogP contribution in [0.2, 0.25) is 0 Å². The monoisotopic (exact) mass is 393 g/mol. The Kier molecular flexibility index (Phi) is 5.87. The summed E-state index contributed by atoms with van der Waals surface area (Å²) in [5.74, 6) is -1.52. The van der Waals surface area contributed by atoms with Gasteiger partial charge in [0.25, 0.3) is 0 Å². The molecule has 0 saturated heterocycles. The maximum atomic E-state index is 13.1. The first-order valence-electron chi connectivity index (χ1n) is 8.82. The molecule has 0 aliphatic heterocycles. The number of carbonyl (C=O) groups is 2. The number of halogens is 1. The molecule has 2 aromatic carbocycles. The highest BCUT2D eigenvalue weighted by molar-refractivity contribution is 6.07. The van der Waals surface area contributed by atoms with Crippen LogP contribution in [0.15, 0.2) is 54.6 Å². The third-order valence-corrected chi connectivity index (χ3v) is 4.32. The Bertz CT molecular complexity index is 1070. The Morgan fingerprint density at radius 1 is 1.10 bits per heavy atom. The van der Waals surface area contributed by atoms with Crippen LogP contribution in [0.4, 0.5) is 4.39 Å². The molecule has 3 aromatic rings. The van der Waals surface area contributed by atoms with E-state index in [0.29, 0.717) is 11.3 Å². The van der Waals surface area contributed by atoms with Crippen molar-refractivity contribution in [2.45, 2.75) is 13.8 Å². The molecule has 0 saturated carbocycles. The summed E-state index contributed by atoms with van der Waals surface area (Å²) in [4.78, 5) is 22.8. The number of ketones is 1. The first-order valence-corrected chi connectivity index (χ1v) is 8.82. The van der Waals surface area contributed by atoms with E-state index in [0.717, 1.165) is 22.6 Å². The van der Waals surface area contributed by atoms with E-state index in [2.05, 4.69) is 5.10 Å². The smallest absolute Gasteiger partial charge is 0.185 e. The molecule has 0 aliphatic carbocycles. The fraction of sp³-hybridized carbons (Fsp3) is 0.136. The highest BCUT2D eigenvalue weighted by atomic mass is 19.1. The average Bonchev–Trinajstić information content (AvgIpc) is 2.99. The average molecular weight is 393 g/mol. The number of aryl methyl sites for hydroxylation is 1. The molecule has 0 atom stereocenters. The number of carboxylic acid groups (broad SMARTS) is 1. The minimum Gasteiger partial charge on any atom is -0.546 e. The number of aromatic nitrogens is 2. The second kappa shape index (κ2) is 8.52. The first kappa shape index (κ1) is 20.0. The third kappa shape index (κ3) is 4.76. The molecule has 1 aromatic heterocycles. The molecule has 0 spiro atoms. The van der Waals surface area contributed by atoms with Gasteiger partial charge in [-0.1, -0.05) is 0 Å². The summed E-state index contributed by atoms with van der Waals surface area (Å²) in [7, 11) is 0. The SMILES string of the molecule is Cc1nn(-c2ccc(F)cc2)c(C)c1/C=C/C(=O)c1ccc(OCC(=O)[O-])cc1. The van der Waals surface area contributed by atoms with Gasteiger partial charge in [0.2, 0.25) is 0 Å². The fourth-order valence-electron chi connectivity index (χ4n) is 2.84. The van der Waals surface area contributed by atoms with Crippen molar-refractivity contribution in [1.82, 2.24) is 9.78 Å². The van der Waals surface area contributed by atoms with Crippen molar-refractivity contribution in [3.63, 3.8) is 0 Å². The van der Waals surface area contributed by atoms with Crippen LogP contribution in [0.1, 0.15) is 27.3 Å². The maximum Gasteiger partial charge on any atom is 0.185 e. The van der Waals surface area contributed by atoms with E-state index in [9.17, 15) is 19.1 Å². The number of hydrogen-bond donors (Lipinski definition) is 0. The number of nitrogens with zero attached hydrogens (tertiary/aromatic N) is 2. The van der Waals surface area contributed by atoms with E-state index in [4.69, 9.17) is 4.74 Å². The molecular weight excluding hydrogens is 375 g/mol. The lowest BCUT2D eigenvalue weighted by atomic mass is 10.1. The normalized spacial score (nSPS) is 11.0. The van der Waals surface area contributed by atoms with Gasteiger partial charge in [0.15, 0.2) is 5.78 Å². The molecule has 3 rings (SSSR count). The molecule has 0 aliphatic rings. The van der Waals surface area contributed by atoms with Gasteiger partial charge < -0.3 is 14.6 Å². The van der Waals surface area contributed by atoms with Crippen LogP contribution in [0.3, 0.4) is 0 Å². The number of benzene rings is 2. The number of carboxylic acids is 1. The molecule has 6 nitrogen and oxygen atoms in total. The van der Waals surface area contributed by atoms with Gasteiger partial charge in [-0.15, -0.1) is 0 Å². The van der Waals surface area contributed by atoms with Gasteiger partial charge in [-0.05, 0) is 74.5 Å². The predicted molar refractivity (Wildman–Crippen MR) is 103 cm³/mol. The summed E-state index contributed by atoms with van der Waals surface area (Å²) < 4.78 is 19.8. The Balaban J connectivity index is 1.76. The van der Waals surface area contributed by atoms with Crippen LogP contribution in [-0.4, -0.2) is 28.1 Å². The molecule has 0 radical (unpaired) electrons. The fourth-order valence-corrected chi connectivity index (χ4v) is 2.84. The number of hydrogen-bond acceptors (Lipinski definition) is 5. The molecule has 0 fully saturated rings. The summed E-state index contributed by atoms with van der Waals surface area (Å²) in [5.41, 5.74) is 3.52. The molecule has 0 amide bonds. The van der Waals surface area contributed by atoms with Crippen molar-refractivity contribution in [2.24, 2.45) is 0 Å². The van der Waals surface area contributed by atoms with Gasteiger partial charge in [0.1, 0.15) is 18.2 Å². The molecule has 1 heterocycles. The van der Waals surface area contributed by atoms with Gasteiger partial charge >= 0.3 is 0 Å². The van der Waals surface area contributed by atoms with Crippen LogP contribution in [0.5, 0.6) is 5.75 Å². The summed E-state index contributed by atoms with van der Waals surface area (Å²) in [6, 6.07) is 12.2. The van der Waals surface area contributed by atoms with Crippen molar-refractivity contribution in [2.75, 3.05) is 6.61 Å². The Morgan fingerprint density at radius 2 is 1.76 bits per heavy atom. The number of rotatable bonds is 7. The highest BCUT2D eigenvalue weighted by Gasteiger charge is 2.11. The molecule has 7 heteroatoms. The minimum atomic E-state index is -1.32. The Morgan fingerprint density at radius 3 is 2.38 bits per heavy atom. The Labute approximate surface area is 166 Å². The summed E-state index contributed by atoms with van der Waals surface area (Å²) in [5, 5.41) is 14.9. The van der Waals surface area contributed by atoms with Gasteiger partial charge in [0, 0.05) is 16.8 Å². The standard InChI is InChI=1S/C22H19FN2O4/c1-14-20(15(2)25(24-14)18-7-5-17(23)6-8-18)11-12-21(26)16-3-9-19(10-4-16)29-13-22(27)28/h3-12H,13H2,1-2H3,(H,27,28)/p-1/b12-11+. The second-order valence-electron chi connectivity index (χ2n) is 6.36. The zero-order chi connectivity index (χ0) is 21.0. The second-order valence-corrected chi connectivity index (χ2v) is 6.36. The van der Waals surface area contributed by atoms with E-state index in [-0.39, 0.29) is 11.6 Å². The van der Waals surface area contributed by atoms with Gasteiger partial charge in [-0.25, -0.2) is 9.07 Å². The summed E-state index contributed by atoms with van der Waals surface area (Å²) >= 11 is 0. The van der Waals surface area contributed by atoms with E-state index < -0.39 is 12.6 Å². The summed E-state index contributed by atoms with van der Waals surface area (Å²) in [6.45, 7) is 3.15. The van der Waals surface area contributed by atoms with Crippen molar-refractivity contribution in [3.8, 4) is 11.4 Å². The zero-order valence-electron chi connectivity index (χ0n) is 15.9. The highest BCUT2D eigenvalue weighted by Crippen LogP contribution is 2.20. The maximum absolute atomic E-state index is 13.1. The van der Waals surface area contributed by atoms with Crippen LogP contribution in [0, 0.1) is 19.7 Å². The van der Waals surface area contributed by atoms with Crippen LogP contribution >= 0.6 is 0 Å². The predicted octanol–water partition coefficient (Wildman–Crippen LogP) is 2.65. The molecule has 148 valence electrons. The number of allylic oxidation sites excluding steroid dienone is 1. The quantitative estimate of drug-likeness (QED) is 0.455. The summed E-state index contributed by atoms with van der Waals surface area (Å²) in [6.07, 6.45) is 3.14. The lowest BCUT2D eigenvalue weighted by Crippen LogP contribution is -2.28. The number of carbonyl (C=O) groups excluding carboxylic acids is 2. The largest absolute Gasteiger partial charge is 0.546 e. The van der Waals surface area contributed by atoms with Crippen LogP contribution in [0.25, 0.3) is 11.8 Å². The lowest BCUT2D eigenvalue weighted by molar-refractivity contribution is -0.307. The van der Waals surface area contributed by atoms with Crippen LogP contribution in [-0.2, 0) is 4.79 Å². The molecular formula is C22H18FN2O4-. The van der Waals surface area contributed by atoms with Crippen molar-refractivity contribution in [3.05, 3.63) is 82.9 Å². The molecule has 0 N–H and O–H groups in total. The van der Waals surface area contributed by atoms with E-state index >= 15 is 0 Å². The van der Waals surface area contributed by atoms with Crippen molar-refractivity contribution >= 4 is 17.8 Å². The molecule has 0 bridgehead atoms. The van der Waals surface area contributed by atoms with E-state index in [1.54, 1.807) is 35.0 Å². The zero-order valence-corrected chi connectivity index (χ0v) is 15.9. The van der Waals surface area contributed by atoms with Gasteiger partial charge in [-0.3, -0.25) is 4.79 Å². The number of ether oxygens (including phenoxy) is 1. The van der Waals surface area contributed by atoms with Crippen molar-refractivity contribution in [1.29, 1.82) is 0 Å². The van der Waals surface area contributed by atoms with Crippen molar-refractivity contribution < 1.29 is 23.8 Å². The first-order chi connectivity index (χ1) is 13.8. The van der Waals surface area contributed by atoms with E-state index in [1.807, 2.05) is 13.8 Å². The van der Waals surface area contributed by atoms with Gasteiger partial charge in [0.05, 0.1) is 17.4 Å². The molecule has 0 unspecified atom stereocenters. The lowest BCUT2D eigenvalue weighted by Gasteiger charge is -2.06. The Hall–Kier alpha value is -3.74. The topological polar surface area (TPSA) is 84.2 Å². The minimum absolute atomic E-state index is 0.218.